The van der Waals surface area contributed by atoms with Gasteiger partial charge in [0.2, 0.25) is 0 Å². The molecule has 3 rings (SSSR count). The standard InChI is InChI=1S/C24H24FNO4S/c1-17(2)26(24(27)20-8-4-18(3)5-9-20)16-19-6-12-22(13-7-19)30-31(28,29)23-14-10-21(25)11-15-23/h4-15,17H,16H2,1-3H3. The van der Waals surface area contributed by atoms with Crippen LogP contribution in [0.3, 0.4) is 0 Å². The highest BCUT2D eigenvalue weighted by molar-refractivity contribution is 7.87. The number of benzene rings is 3. The Morgan fingerprint density at radius 1 is 0.935 bits per heavy atom. The second-order valence-electron chi connectivity index (χ2n) is 7.53. The van der Waals surface area contributed by atoms with Gasteiger partial charge in [0, 0.05) is 18.2 Å². The number of nitrogens with zero attached hydrogens (tertiary/aromatic N) is 1. The van der Waals surface area contributed by atoms with Crippen molar-refractivity contribution in [2.24, 2.45) is 0 Å². The molecule has 0 atom stereocenters. The predicted molar refractivity (Wildman–Crippen MR) is 117 cm³/mol. The van der Waals surface area contributed by atoms with Crippen molar-refractivity contribution >= 4 is 16.0 Å². The van der Waals surface area contributed by atoms with Crippen LogP contribution in [0, 0.1) is 12.7 Å². The van der Waals surface area contributed by atoms with Crippen LogP contribution in [0.1, 0.15) is 35.3 Å². The van der Waals surface area contributed by atoms with Crippen molar-refractivity contribution < 1.29 is 21.8 Å². The van der Waals surface area contributed by atoms with Crippen LogP contribution in [0.15, 0.2) is 77.7 Å². The highest BCUT2D eigenvalue weighted by Crippen LogP contribution is 2.21. The Balaban J connectivity index is 1.73. The minimum absolute atomic E-state index is 0.0245. The van der Waals surface area contributed by atoms with E-state index in [1.54, 1.807) is 17.0 Å². The lowest BCUT2D eigenvalue weighted by Crippen LogP contribution is -2.36. The summed E-state index contributed by atoms with van der Waals surface area (Å²) in [4.78, 5) is 14.5. The fourth-order valence-electron chi connectivity index (χ4n) is 2.97. The van der Waals surface area contributed by atoms with Crippen molar-refractivity contribution in [1.82, 2.24) is 4.90 Å². The normalized spacial score (nSPS) is 11.4. The van der Waals surface area contributed by atoms with Crippen molar-refractivity contribution in [2.45, 2.75) is 38.3 Å². The molecule has 5 nitrogen and oxygen atoms in total. The lowest BCUT2D eigenvalue weighted by Gasteiger charge is -2.27. The lowest BCUT2D eigenvalue weighted by molar-refractivity contribution is 0.0690. The molecule has 1 amide bonds. The third-order valence-electron chi connectivity index (χ3n) is 4.77. The van der Waals surface area contributed by atoms with Crippen LogP contribution in [0.25, 0.3) is 0 Å². The molecular weight excluding hydrogens is 417 g/mol. The fourth-order valence-corrected chi connectivity index (χ4v) is 3.90. The molecule has 0 N–H and O–H groups in total. The number of hydrogen-bond acceptors (Lipinski definition) is 4. The van der Waals surface area contributed by atoms with E-state index in [0.717, 1.165) is 35.4 Å². The van der Waals surface area contributed by atoms with Crippen molar-refractivity contribution in [3.05, 3.63) is 95.3 Å². The summed E-state index contributed by atoms with van der Waals surface area (Å²) < 4.78 is 42.8. The van der Waals surface area contributed by atoms with Crippen molar-refractivity contribution in [1.29, 1.82) is 0 Å². The molecule has 0 fully saturated rings. The molecule has 0 radical (unpaired) electrons. The fraction of sp³-hybridized carbons (Fsp3) is 0.208. The zero-order chi connectivity index (χ0) is 22.6. The van der Waals surface area contributed by atoms with Gasteiger partial charge >= 0.3 is 10.1 Å². The monoisotopic (exact) mass is 441 g/mol. The maximum Gasteiger partial charge on any atom is 0.339 e. The van der Waals surface area contributed by atoms with E-state index in [0.29, 0.717) is 12.1 Å². The molecule has 0 heterocycles. The maximum atomic E-state index is 13.0. The van der Waals surface area contributed by atoms with Gasteiger partial charge in [-0.2, -0.15) is 8.42 Å². The van der Waals surface area contributed by atoms with E-state index in [9.17, 15) is 17.6 Å². The zero-order valence-electron chi connectivity index (χ0n) is 17.6. The maximum absolute atomic E-state index is 13.0. The second-order valence-corrected chi connectivity index (χ2v) is 9.07. The van der Waals surface area contributed by atoms with Gasteiger partial charge in [-0.05, 0) is 74.9 Å². The van der Waals surface area contributed by atoms with Crippen molar-refractivity contribution in [3.8, 4) is 5.75 Å². The number of carbonyl (C=O) groups excluding carboxylic acids is 1. The average Bonchev–Trinajstić information content (AvgIpc) is 2.73. The molecule has 0 aliphatic heterocycles. The van der Waals surface area contributed by atoms with Gasteiger partial charge in [-0.15, -0.1) is 0 Å². The zero-order valence-corrected chi connectivity index (χ0v) is 18.4. The molecule has 0 spiro atoms. The highest BCUT2D eigenvalue weighted by Gasteiger charge is 2.20. The van der Waals surface area contributed by atoms with Gasteiger partial charge in [-0.25, -0.2) is 4.39 Å². The van der Waals surface area contributed by atoms with E-state index in [2.05, 4.69) is 0 Å². The van der Waals surface area contributed by atoms with Crippen LogP contribution in [-0.4, -0.2) is 25.3 Å². The van der Waals surface area contributed by atoms with Gasteiger partial charge in [0.15, 0.2) is 0 Å². The van der Waals surface area contributed by atoms with Gasteiger partial charge in [0.05, 0.1) is 0 Å². The van der Waals surface area contributed by atoms with Crippen LogP contribution >= 0.6 is 0 Å². The molecular formula is C24H24FNO4S. The summed E-state index contributed by atoms with van der Waals surface area (Å²) in [5.74, 6) is -0.471. The summed E-state index contributed by atoms with van der Waals surface area (Å²) in [6, 6.07) is 18.3. The van der Waals surface area contributed by atoms with E-state index in [1.807, 2.05) is 45.0 Å². The highest BCUT2D eigenvalue weighted by atomic mass is 32.2. The third kappa shape index (κ3) is 5.70. The quantitative estimate of drug-likeness (QED) is 0.487. The van der Waals surface area contributed by atoms with Gasteiger partial charge < -0.3 is 9.08 Å². The van der Waals surface area contributed by atoms with E-state index in [1.165, 1.54) is 12.1 Å². The average molecular weight is 442 g/mol. The Labute approximate surface area is 182 Å². The molecule has 7 heteroatoms. The summed E-state index contributed by atoms with van der Waals surface area (Å²) in [5.41, 5.74) is 2.53. The van der Waals surface area contributed by atoms with Crippen LogP contribution < -0.4 is 4.18 Å². The van der Waals surface area contributed by atoms with Crippen LogP contribution in [-0.2, 0) is 16.7 Å². The van der Waals surface area contributed by atoms with Crippen LogP contribution in [0.2, 0.25) is 0 Å². The topological polar surface area (TPSA) is 63.7 Å². The van der Waals surface area contributed by atoms with Gasteiger partial charge in [0.25, 0.3) is 5.91 Å². The number of hydrogen-bond donors (Lipinski definition) is 0. The molecule has 0 unspecified atom stereocenters. The predicted octanol–water partition coefficient (Wildman–Crippen LogP) is 4.95. The first-order chi connectivity index (χ1) is 14.7. The molecule has 162 valence electrons. The minimum Gasteiger partial charge on any atom is -0.379 e. The summed E-state index contributed by atoms with van der Waals surface area (Å²) >= 11 is 0. The third-order valence-corrected chi connectivity index (χ3v) is 6.03. The van der Waals surface area contributed by atoms with Crippen molar-refractivity contribution in [2.75, 3.05) is 0 Å². The summed E-state index contributed by atoms with van der Waals surface area (Å²) in [6.07, 6.45) is 0. The number of carbonyl (C=O) groups is 1. The Bertz CT molecular complexity index is 1140. The Hall–Kier alpha value is -3.19. The Kier molecular flexibility index (Phi) is 6.75. The number of amides is 1. The van der Waals surface area contributed by atoms with Gasteiger partial charge in [-0.3, -0.25) is 4.79 Å². The molecule has 3 aromatic rings. The molecule has 0 aromatic heterocycles. The Morgan fingerprint density at radius 2 is 1.52 bits per heavy atom. The molecule has 0 bridgehead atoms. The Morgan fingerprint density at radius 3 is 2.06 bits per heavy atom. The lowest BCUT2D eigenvalue weighted by atomic mass is 10.1. The largest absolute Gasteiger partial charge is 0.379 e. The molecule has 0 saturated carbocycles. The van der Waals surface area contributed by atoms with Crippen LogP contribution in [0.4, 0.5) is 4.39 Å². The molecule has 31 heavy (non-hydrogen) atoms. The second kappa shape index (κ2) is 9.31. The number of aryl methyl sites for hydroxylation is 1. The van der Waals surface area contributed by atoms with Gasteiger partial charge in [-0.1, -0.05) is 29.8 Å². The summed E-state index contributed by atoms with van der Waals surface area (Å²) in [6.45, 7) is 6.22. The van der Waals surface area contributed by atoms with E-state index in [4.69, 9.17) is 4.18 Å². The molecule has 0 aliphatic carbocycles. The molecule has 3 aromatic carbocycles. The minimum atomic E-state index is -4.06. The number of halogens is 1. The molecule has 0 aliphatic rings. The first-order valence-corrected chi connectivity index (χ1v) is 11.2. The van der Waals surface area contributed by atoms with E-state index in [-0.39, 0.29) is 22.6 Å². The summed E-state index contributed by atoms with van der Waals surface area (Å²) in [7, 11) is -4.06. The first kappa shape index (κ1) is 22.5. The summed E-state index contributed by atoms with van der Waals surface area (Å²) in [5, 5.41) is 0. The van der Waals surface area contributed by atoms with Crippen LogP contribution in [0.5, 0.6) is 5.75 Å². The van der Waals surface area contributed by atoms with Gasteiger partial charge in [0.1, 0.15) is 16.5 Å². The van der Waals surface area contributed by atoms with Crippen molar-refractivity contribution in [3.63, 3.8) is 0 Å². The number of rotatable bonds is 7. The van der Waals surface area contributed by atoms with E-state index < -0.39 is 15.9 Å². The smallest absolute Gasteiger partial charge is 0.339 e. The first-order valence-electron chi connectivity index (χ1n) is 9.82. The van der Waals surface area contributed by atoms with E-state index >= 15 is 0 Å². The molecule has 0 saturated heterocycles. The SMILES string of the molecule is Cc1ccc(C(=O)N(Cc2ccc(OS(=O)(=O)c3ccc(F)cc3)cc2)C(C)C)cc1.